The van der Waals surface area contributed by atoms with Gasteiger partial charge >= 0.3 is 0 Å². The van der Waals surface area contributed by atoms with Gasteiger partial charge in [-0.05, 0) is 19.1 Å². The zero-order chi connectivity index (χ0) is 12.4. The standard InChI is InChI=1S/C12H10Cl2N2O/c1-7-15-10(6-12(14)16-7)8-3-4-9(13)11(5-8)17-2/h3-6H,1-2H3. The Hall–Kier alpha value is -1.32. The van der Waals surface area contributed by atoms with E-state index in [0.717, 1.165) is 11.3 Å². The van der Waals surface area contributed by atoms with Gasteiger partial charge in [-0.3, -0.25) is 0 Å². The van der Waals surface area contributed by atoms with Gasteiger partial charge in [0.15, 0.2) is 0 Å². The van der Waals surface area contributed by atoms with E-state index in [1.807, 2.05) is 12.1 Å². The molecule has 2 rings (SSSR count). The molecule has 3 nitrogen and oxygen atoms in total. The van der Waals surface area contributed by atoms with Crippen LogP contribution in [0.25, 0.3) is 11.3 Å². The fourth-order valence-corrected chi connectivity index (χ4v) is 1.92. The lowest BCUT2D eigenvalue weighted by Gasteiger charge is -2.07. The summed E-state index contributed by atoms with van der Waals surface area (Å²) in [5, 5.41) is 0.981. The van der Waals surface area contributed by atoms with Crippen molar-refractivity contribution in [2.24, 2.45) is 0 Å². The Labute approximate surface area is 109 Å². The minimum Gasteiger partial charge on any atom is -0.495 e. The highest BCUT2D eigenvalue weighted by atomic mass is 35.5. The Bertz CT molecular complexity index is 538. The molecule has 0 fully saturated rings. The maximum absolute atomic E-state index is 5.96. The van der Waals surface area contributed by atoms with Crippen LogP contribution in [-0.4, -0.2) is 17.1 Å². The number of ether oxygens (including phenoxy) is 1. The summed E-state index contributed by atoms with van der Waals surface area (Å²) < 4.78 is 5.16. The average Bonchev–Trinajstić information content (AvgIpc) is 2.28. The fraction of sp³-hybridized carbons (Fsp3) is 0.167. The van der Waals surface area contributed by atoms with Gasteiger partial charge < -0.3 is 4.74 Å². The Balaban J connectivity index is 2.52. The maximum atomic E-state index is 5.96. The zero-order valence-corrected chi connectivity index (χ0v) is 10.9. The molecule has 1 aromatic heterocycles. The summed E-state index contributed by atoms with van der Waals surface area (Å²) in [5.74, 6) is 1.23. The van der Waals surface area contributed by atoms with Gasteiger partial charge in [-0.2, -0.15) is 0 Å². The maximum Gasteiger partial charge on any atom is 0.138 e. The van der Waals surface area contributed by atoms with Crippen LogP contribution in [0.2, 0.25) is 10.2 Å². The van der Waals surface area contributed by atoms with E-state index >= 15 is 0 Å². The van der Waals surface area contributed by atoms with Crippen LogP contribution in [0.1, 0.15) is 5.82 Å². The lowest BCUT2D eigenvalue weighted by atomic mass is 10.1. The molecule has 0 amide bonds. The van der Waals surface area contributed by atoms with E-state index in [9.17, 15) is 0 Å². The summed E-state index contributed by atoms with van der Waals surface area (Å²) in [6.07, 6.45) is 0. The number of aromatic nitrogens is 2. The number of aryl methyl sites for hydroxylation is 1. The van der Waals surface area contributed by atoms with Crippen LogP contribution < -0.4 is 4.74 Å². The smallest absolute Gasteiger partial charge is 0.138 e. The van der Waals surface area contributed by atoms with Crippen molar-refractivity contribution in [3.8, 4) is 17.0 Å². The zero-order valence-electron chi connectivity index (χ0n) is 9.37. The number of halogens is 2. The molecule has 2 aromatic rings. The second-order valence-corrected chi connectivity index (χ2v) is 4.27. The normalized spacial score (nSPS) is 10.4. The molecule has 0 saturated carbocycles. The molecule has 0 atom stereocenters. The summed E-state index contributed by atoms with van der Waals surface area (Å²) in [6, 6.07) is 7.15. The summed E-state index contributed by atoms with van der Waals surface area (Å²) >= 11 is 11.9. The summed E-state index contributed by atoms with van der Waals surface area (Å²) in [5.41, 5.74) is 1.64. The van der Waals surface area contributed by atoms with Crippen LogP contribution in [0, 0.1) is 6.92 Å². The Morgan fingerprint density at radius 3 is 2.53 bits per heavy atom. The molecule has 0 spiro atoms. The van der Waals surface area contributed by atoms with E-state index in [4.69, 9.17) is 27.9 Å². The molecule has 0 aliphatic heterocycles. The number of methoxy groups -OCH3 is 1. The highest BCUT2D eigenvalue weighted by molar-refractivity contribution is 6.32. The molecular weight excluding hydrogens is 259 g/mol. The molecule has 17 heavy (non-hydrogen) atoms. The van der Waals surface area contributed by atoms with E-state index in [1.165, 1.54) is 0 Å². The molecule has 0 aliphatic rings. The van der Waals surface area contributed by atoms with E-state index in [-0.39, 0.29) is 0 Å². The van der Waals surface area contributed by atoms with Crippen molar-refractivity contribution in [3.63, 3.8) is 0 Å². The van der Waals surface area contributed by atoms with Gasteiger partial charge in [0.05, 0.1) is 17.8 Å². The molecule has 0 N–H and O–H groups in total. The van der Waals surface area contributed by atoms with Crippen molar-refractivity contribution in [3.05, 3.63) is 40.3 Å². The Morgan fingerprint density at radius 2 is 1.88 bits per heavy atom. The third-order valence-electron chi connectivity index (χ3n) is 2.25. The first-order valence-electron chi connectivity index (χ1n) is 4.95. The van der Waals surface area contributed by atoms with Crippen molar-refractivity contribution < 1.29 is 4.74 Å². The van der Waals surface area contributed by atoms with Gasteiger partial charge in [-0.15, -0.1) is 0 Å². The summed E-state index contributed by atoms with van der Waals surface area (Å²) in [4.78, 5) is 8.33. The quantitative estimate of drug-likeness (QED) is 0.778. The first-order chi connectivity index (χ1) is 8.10. The van der Waals surface area contributed by atoms with Crippen LogP contribution in [0.3, 0.4) is 0 Å². The molecule has 0 saturated heterocycles. The molecule has 0 unspecified atom stereocenters. The summed E-state index contributed by atoms with van der Waals surface area (Å²) in [7, 11) is 1.57. The Morgan fingerprint density at radius 1 is 1.12 bits per heavy atom. The molecule has 5 heteroatoms. The van der Waals surface area contributed by atoms with Gasteiger partial charge in [0, 0.05) is 11.6 Å². The summed E-state index contributed by atoms with van der Waals surface area (Å²) in [6.45, 7) is 1.79. The van der Waals surface area contributed by atoms with E-state index in [2.05, 4.69) is 9.97 Å². The number of benzene rings is 1. The van der Waals surface area contributed by atoms with Crippen LogP contribution in [-0.2, 0) is 0 Å². The predicted molar refractivity (Wildman–Crippen MR) is 68.8 cm³/mol. The van der Waals surface area contributed by atoms with Crippen molar-refractivity contribution >= 4 is 23.2 Å². The van der Waals surface area contributed by atoms with Gasteiger partial charge in [0.25, 0.3) is 0 Å². The van der Waals surface area contributed by atoms with Crippen molar-refractivity contribution in [2.75, 3.05) is 7.11 Å². The third kappa shape index (κ3) is 2.68. The van der Waals surface area contributed by atoms with Crippen molar-refractivity contribution in [2.45, 2.75) is 6.92 Å². The minimum absolute atomic E-state index is 0.418. The molecule has 88 valence electrons. The molecule has 1 heterocycles. The number of nitrogens with zero attached hydrogens (tertiary/aromatic N) is 2. The highest BCUT2D eigenvalue weighted by Gasteiger charge is 2.07. The number of rotatable bonds is 2. The first kappa shape index (κ1) is 12.1. The number of hydrogen-bond acceptors (Lipinski definition) is 3. The molecule has 0 bridgehead atoms. The van der Waals surface area contributed by atoms with Crippen LogP contribution in [0.4, 0.5) is 0 Å². The second-order valence-electron chi connectivity index (χ2n) is 3.47. The third-order valence-corrected chi connectivity index (χ3v) is 2.76. The van der Waals surface area contributed by atoms with Crippen LogP contribution >= 0.6 is 23.2 Å². The van der Waals surface area contributed by atoms with E-state index in [1.54, 1.807) is 26.2 Å². The van der Waals surface area contributed by atoms with Gasteiger partial charge in [0.1, 0.15) is 16.7 Å². The SMILES string of the molecule is COc1cc(-c2cc(Cl)nc(C)n2)ccc1Cl. The van der Waals surface area contributed by atoms with Gasteiger partial charge in [-0.25, -0.2) is 9.97 Å². The van der Waals surface area contributed by atoms with E-state index < -0.39 is 0 Å². The van der Waals surface area contributed by atoms with Crippen molar-refractivity contribution in [1.82, 2.24) is 9.97 Å². The molecule has 0 aliphatic carbocycles. The number of hydrogen-bond donors (Lipinski definition) is 0. The predicted octanol–water partition coefficient (Wildman–Crippen LogP) is 3.77. The largest absolute Gasteiger partial charge is 0.495 e. The monoisotopic (exact) mass is 268 g/mol. The lowest BCUT2D eigenvalue weighted by molar-refractivity contribution is 0.415. The van der Waals surface area contributed by atoms with E-state index in [0.29, 0.717) is 21.7 Å². The minimum atomic E-state index is 0.418. The van der Waals surface area contributed by atoms with Crippen LogP contribution in [0.15, 0.2) is 24.3 Å². The van der Waals surface area contributed by atoms with Crippen LogP contribution in [0.5, 0.6) is 5.75 Å². The lowest BCUT2D eigenvalue weighted by Crippen LogP contribution is -1.92. The fourth-order valence-electron chi connectivity index (χ4n) is 1.50. The van der Waals surface area contributed by atoms with Gasteiger partial charge in [-0.1, -0.05) is 29.3 Å². The topological polar surface area (TPSA) is 35.0 Å². The molecule has 0 radical (unpaired) electrons. The molecular formula is C12H10Cl2N2O. The Kier molecular flexibility index (Phi) is 3.50. The molecule has 1 aromatic carbocycles. The van der Waals surface area contributed by atoms with Crippen molar-refractivity contribution in [1.29, 1.82) is 0 Å². The second kappa shape index (κ2) is 4.90. The van der Waals surface area contributed by atoms with Gasteiger partial charge in [0.2, 0.25) is 0 Å². The highest BCUT2D eigenvalue weighted by Crippen LogP contribution is 2.30. The first-order valence-corrected chi connectivity index (χ1v) is 5.71. The average molecular weight is 269 g/mol.